The molecule has 4 rings (SSSR count). The fraction of sp³-hybridized carbons (Fsp3) is 0.333. The van der Waals surface area contributed by atoms with Crippen LogP contribution in [0.5, 0.6) is 5.75 Å². The second-order valence-electron chi connectivity index (χ2n) is 10.2. The van der Waals surface area contributed by atoms with E-state index in [1.807, 2.05) is 24.3 Å². The van der Waals surface area contributed by atoms with Crippen LogP contribution in [0.2, 0.25) is 0 Å². The number of rotatable bonds is 8. The summed E-state index contributed by atoms with van der Waals surface area (Å²) >= 11 is 5.87. The van der Waals surface area contributed by atoms with Gasteiger partial charge in [-0.2, -0.15) is 0 Å². The van der Waals surface area contributed by atoms with Gasteiger partial charge in [0.2, 0.25) is 5.91 Å². The van der Waals surface area contributed by atoms with E-state index in [1.165, 1.54) is 42.9 Å². The maximum Gasteiger partial charge on any atom is 0.487 e. The molecule has 1 N–H and O–H groups in total. The lowest BCUT2D eigenvalue weighted by atomic mass is 9.87. The summed E-state index contributed by atoms with van der Waals surface area (Å²) in [5.74, 6) is -0.626. The Labute approximate surface area is 237 Å². The normalized spacial score (nSPS) is 12.1. The first-order chi connectivity index (χ1) is 18.6. The highest BCUT2D eigenvalue weighted by molar-refractivity contribution is 7.99. The number of ether oxygens (including phenoxy) is 1. The number of benzene rings is 2. The van der Waals surface area contributed by atoms with Gasteiger partial charge in [-0.1, -0.05) is 56.8 Å². The Bertz CT molecular complexity index is 1670. The molecule has 0 aliphatic heterocycles. The molecule has 0 atom stereocenters. The third-order valence-corrected chi connectivity index (χ3v) is 7.23. The molecule has 0 saturated carbocycles. The van der Waals surface area contributed by atoms with E-state index in [0.717, 1.165) is 27.5 Å². The molecule has 0 unspecified atom stereocenters. The van der Waals surface area contributed by atoms with Crippen molar-refractivity contribution in [2.24, 2.45) is 14.1 Å². The van der Waals surface area contributed by atoms with Gasteiger partial charge in [0.1, 0.15) is 5.75 Å². The standard InChI is InChI=1S/C27H28ClF2N5O4S/c1-26(2,3)17-8-6-16(7-9-17)14-35-21-22(33(4)25(38)34(5)23(21)37)32-24(35)40-15-20(36)31-18-10-12-19(13-11-18)39-27(28,29)30/h6-13H,14-15H2,1-5H3,(H,31,36). The van der Waals surface area contributed by atoms with Crippen LogP contribution in [0.4, 0.5) is 14.5 Å². The first-order valence-electron chi connectivity index (χ1n) is 12.2. The number of alkyl halides is 3. The summed E-state index contributed by atoms with van der Waals surface area (Å²) in [6.07, 6.45) is 0. The van der Waals surface area contributed by atoms with E-state index >= 15 is 0 Å². The number of aryl methyl sites for hydroxylation is 1. The molecule has 0 fully saturated rings. The van der Waals surface area contributed by atoms with Crippen LogP contribution in [0, 0.1) is 0 Å². The SMILES string of the molecule is Cn1c(=O)c2c(nc(SCC(=O)Nc3ccc(OC(F)(F)Cl)cc3)n2Cc2ccc(C(C)(C)C)cc2)n(C)c1=O. The Balaban J connectivity index is 1.60. The summed E-state index contributed by atoms with van der Waals surface area (Å²) in [6.45, 7) is 6.66. The maximum absolute atomic E-state index is 13.1. The first-order valence-corrected chi connectivity index (χ1v) is 13.5. The number of hydrogen-bond acceptors (Lipinski definition) is 6. The molecule has 2 aromatic carbocycles. The molecule has 2 heterocycles. The third-order valence-electron chi connectivity index (χ3n) is 6.18. The lowest BCUT2D eigenvalue weighted by molar-refractivity contribution is -0.113. The highest BCUT2D eigenvalue weighted by Crippen LogP contribution is 2.27. The van der Waals surface area contributed by atoms with E-state index < -0.39 is 22.7 Å². The summed E-state index contributed by atoms with van der Waals surface area (Å²) < 4.78 is 33.9. The predicted molar refractivity (Wildman–Crippen MR) is 152 cm³/mol. The van der Waals surface area contributed by atoms with E-state index in [4.69, 9.17) is 11.6 Å². The van der Waals surface area contributed by atoms with Crippen molar-refractivity contribution in [2.75, 3.05) is 11.1 Å². The summed E-state index contributed by atoms with van der Waals surface area (Å²) in [7, 11) is 2.94. The molecular weight excluding hydrogens is 564 g/mol. The summed E-state index contributed by atoms with van der Waals surface area (Å²) in [4.78, 5) is 42.9. The van der Waals surface area contributed by atoms with Crippen LogP contribution in [-0.4, -0.2) is 35.9 Å². The second-order valence-corrected chi connectivity index (χ2v) is 11.6. The molecule has 2 aromatic heterocycles. The lowest BCUT2D eigenvalue weighted by Gasteiger charge is -2.19. The van der Waals surface area contributed by atoms with Gasteiger partial charge in [-0.05, 0) is 40.8 Å². The summed E-state index contributed by atoms with van der Waals surface area (Å²) in [5.41, 5.74) is -1.96. The van der Waals surface area contributed by atoms with Crippen molar-refractivity contribution in [1.82, 2.24) is 18.7 Å². The molecule has 9 nitrogen and oxygen atoms in total. The Morgan fingerprint density at radius 1 is 1.02 bits per heavy atom. The van der Waals surface area contributed by atoms with Crippen LogP contribution >= 0.6 is 23.4 Å². The van der Waals surface area contributed by atoms with Gasteiger partial charge < -0.3 is 14.6 Å². The zero-order chi connectivity index (χ0) is 29.4. The van der Waals surface area contributed by atoms with Gasteiger partial charge in [0.05, 0.1) is 12.3 Å². The molecule has 1 amide bonds. The van der Waals surface area contributed by atoms with Gasteiger partial charge in [0.15, 0.2) is 16.3 Å². The van der Waals surface area contributed by atoms with Crippen molar-refractivity contribution in [2.45, 2.75) is 43.5 Å². The summed E-state index contributed by atoms with van der Waals surface area (Å²) in [6, 6.07) is 13.3. The number of imidazole rings is 1. The maximum atomic E-state index is 13.1. The lowest BCUT2D eigenvalue weighted by Crippen LogP contribution is -2.37. The Hall–Kier alpha value is -3.64. The van der Waals surface area contributed by atoms with Gasteiger partial charge in [0.25, 0.3) is 5.56 Å². The van der Waals surface area contributed by atoms with Crippen molar-refractivity contribution >= 4 is 46.1 Å². The fourth-order valence-corrected chi connectivity index (χ4v) is 4.93. The molecule has 0 aliphatic carbocycles. The van der Waals surface area contributed by atoms with Crippen molar-refractivity contribution in [3.8, 4) is 5.75 Å². The molecule has 13 heteroatoms. The number of aromatic nitrogens is 4. The third kappa shape index (κ3) is 6.56. The minimum Gasteiger partial charge on any atom is -0.420 e. The number of fused-ring (bicyclic) bond motifs is 1. The number of nitrogens with zero attached hydrogens (tertiary/aromatic N) is 4. The van der Waals surface area contributed by atoms with Crippen LogP contribution in [0.25, 0.3) is 11.2 Å². The van der Waals surface area contributed by atoms with Gasteiger partial charge in [0, 0.05) is 31.4 Å². The highest BCUT2D eigenvalue weighted by atomic mass is 35.5. The van der Waals surface area contributed by atoms with E-state index in [9.17, 15) is 23.2 Å². The molecule has 0 aliphatic rings. The molecule has 0 radical (unpaired) electrons. The molecule has 0 spiro atoms. The van der Waals surface area contributed by atoms with Crippen LogP contribution in [-0.2, 0) is 30.8 Å². The van der Waals surface area contributed by atoms with E-state index in [0.29, 0.717) is 17.4 Å². The van der Waals surface area contributed by atoms with Crippen molar-refractivity contribution in [3.63, 3.8) is 0 Å². The largest absolute Gasteiger partial charge is 0.487 e. The average Bonchev–Trinajstić information content (AvgIpc) is 3.23. The average molecular weight is 592 g/mol. The fourth-order valence-electron chi connectivity index (χ4n) is 4.04. The first kappa shape index (κ1) is 29.3. The van der Waals surface area contributed by atoms with Gasteiger partial charge in [-0.25, -0.2) is 9.78 Å². The number of thioether (sulfide) groups is 1. The summed E-state index contributed by atoms with van der Waals surface area (Å²) in [5, 5.41) is 3.06. The second kappa shape index (κ2) is 11.1. The predicted octanol–water partition coefficient (Wildman–Crippen LogP) is 4.68. The zero-order valence-corrected chi connectivity index (χ0v) is 24.1. The molecule has 0 saturated heterocycles. The van der Waals surface area contributed by atoms with Crippen LogP contribution < -0.4 is 21.3 Å². The molecule has 4 aromatic rings. The monoisotopic (exact) mass is 591 g/mol. The molecular formula is C27H28ClF2N5O4S. The highest BCUT2D eigenvalue weighted by Gasteiger charge is 2.27. The Morgan fingerprint density at radius 2 is 1.65 bits per heavy atom. The van der Waals surface area contributed by atoms with Gasteiger partial charge in [-0.15, -0.1) is 8.78 Å². The Kier molecular flexibility index (Phi) is 8.13. The molecule has 212 valence electrons. The number of halogens is 3. The van der Waals surface area contributed by atoms with Crippen LogP contribution in [0.3, 0.4) is 0 Å². The number of amides is 1. The van der Waals surface area contributed by atoms with Crippen molar-refractivity contribution in [1.29, 1.82) is 0 Å². The van der Waals surface area contributed by atoms with E-state index in [-0.39, 0.29) is 28.1 Å². The number of carbonyl (C=O) groups is 1. The van der Waals surface area contributed by atoms with E-state index in [2.05, 4.69) is 35.8 Å². The smallest absolute Gasteiger partial charge is 0.420 e. The van der Waals surface area contributed by atoms with E-state index in [1.54, 1.807) is 4.57 Å². The van der Waals surface area contributed by atoms with Crippen LogP contribution in [0.15, 0.2) is 63.3 Å². The van der Waals surface area contributed by atoms with Gasteiger partial charge >= 0.3 is 11.3 Å². The van der Waals surface area contributed by atoms with Crippen LogP contribution in [0.1, 0.15) is 31.9 Å². The number of nitrogens with one attached hydrogen (secondary N) is 1. The van der Waals surface area contributed by atoms with Crippen molar-refractivity contribution < 1.29 is 18.3 Å². The molecule has 40 heavy (non-hydrogen) atoms. The minimum absolute atomic E-state index is 0.0225. The minimum atomic E-state index is -3.84. The number of carbonyl (C=O) groups excluding carboxylic acids is 1. The molecule has 0 bridgehead atoms. The van der Waals surface area contributed by atoms with Crippen molar-refractivity contribution in [3.05, 3.63) is 80.5 Å². The number of anilines is 1. The number of hydrogen-bond donors (Lipinski definition) is 1. The topological polar surface area (TPSA) is 100 Å². The van der Waals surface area contributed by atoms with Gasteiger partial charge in [-0.3, -0.25) is 18.7 Å². The Morgan fingerprint density at radius 3 is 2.23 bits per heavy atom. The zero-order valence-electron chi connectivity index (χ0n) is 22.5. The quantitative estimate of drug-likeness (QED) is 0.236.